The first-order chi connectivity index (χ1) is 13.1. The molecule has 3 heterocycles. The highest BCUT2D eigenvalue weighted by atomic mass is 32.5. The van der Waals surface area contributed by atoms with Crippen LogP contribution in [0.5, 0.6) is 0 Å². The summed E-state index contributed by atoms with van der Waals surface area (Å²) in [4.78, 5) is 22.5. The van der Waals surface area contributed by atoms with Gasteiger partial charge in [0.15, 0.2) is 24.2 Å². The Morgan fingerprint density at radius 1 is 1.36 bits per heavy atom. The van der Waals surface area contributed by atoms with Crippen molar-refractivity contribution in [2.45, 2.75) is 44.5 Å². The van der Waals surface area contributed by atoms with Crippen molar-refractivity contribution in [3.8, 4) is 0 Å². The summed E-state index contributed by atoms with van der Waals surface area (Å²) < 4.78 is 24.9. The predicted octanol–water partition coefficient (Wildman–Crippen LogP) is 0.645. The van der Waals surface area contributed by atoms with Crippen LogP contribution < -0.4 is 11.5 Å². The number of nitrogens with two attached hydrogens (primary N) is 2. The fourth-order valence-electron chi connectivity index (χ4n) is 3.10. The summed E-state index contributed by atoms with van der Waals surface area (Å²) in [5.74, 6) is 0.186. The minimum atomic E-state index is -2.99. The molecule has 11 nitrogen and oxygen atoms in total. The number of nitrogen functional groups attached to an aromatic ring is 2. The number of methoxy groups -OCH3 is 1. The predicted molar refractivity (Wildman–Crippen MR) is 107 cm³/mol. The standard InChI is InChI=1S/C15H25N6O5PS/c1-7(2)24-5-8-10(26-27(4,22)28)11(23-3)14(25-8)21-6-18-9-12(16)19-15(17)20-13(9)21/h6-8,10-11,14H,5H2,1-4H3,(H,22,28)(H4,16,17,19,20)/t8-,10+,11+,14-,27?/m1/s1. The Hall–Kier alpha value is -1.40. The third-order valence-electron chi connectivity index (χ3n) is 4.21. The van der Waals surface area contributed by atoms with Gasteiger partial charge in [-0.1, -0.05) is 0 Å². The molecule has 0 spiro atoms. The van der Waals surface area contributed by atoms with Crippen molar-refractivity contribution in [2.75, 3.05) is 31.8 Å². The number of ether oxygens (including phenoxy) is 3. The highest BCUT2D eigenvalue weighted by Crippen LogP contribution is 2.45. The van der Waals surface area contributed by atoms with E-state index < -0.39 is 31.0 Å². The van der Waals surface area contributed by atoms with Crippen LogP contribution in [0.3, 0.4) is 0 Å². The molecule has 1 aliphatic rings. The second-order valence-corrected chi connectivity index (χ2v) is 10.7. The van der Waals surface area contributed by atoms with Crippen molar-refractivity contribution in [2.24, 2.45) is 0 Å². The van der Waals surface area contributed by atoms with Crippen LogP contribution >= 0.6 is 6.49 Å². The largest absolute Gasteiger partial charge is 0.382 e. The number of fused-ring (bicyclic) bond motifs is 1. The molecule has 0 radical (unpaired) electrons. The van der Waals surface area contributed by atoms with Gasteiger partial charge in [0.2, 0.25) is 5.95 Å². The third kappa shape index (κ3) is 4.43. The quantitative estimate of drug-likeness (QED) is 0.528. The molecule has 1 aliphatic heterocycles. The maximum Gasteiger partial charge on any atom is 0.224 e. The third-order valence-corrected chi connectivity index (χ3v) is 5.10. The zero-order valence-electron chi connectivity index (χ0n) is 16.1. The lowest BCUT2D eigenvalue weighted by Gasteiger charge is -2.26. The molecule has 5 N–H and O–H groups in total. The summed E-state index contributed by atoms with van der Waals surface area (Å²) in [5, 5.41) is 0. The van der Waals surface area contributed by atoms with E-state index >= 15 is 0 Å². The highest BCUT2D eigenvalue weighted by Gasteiger charge is 2.49. The van der Waals surface area contributed by atoms with Crippen LogP contribution in [0.25, 0.3) is 11.2 Å². The smallest absolute Gasteiger partial charge is 0.224 e. The van der Waals surface area contributed by atoms with Crippen LogP contribution in [0, 0.1) is 0 Å². The Morgan fingerprint density at radius 2 is 2.07 bits per heavy atom. The van der Waals surface area contributed by atoms with Crippen molar-refractivity contribution in [3.63, 3.8) is 0 Å². The van der Waals surface area contributed by atoms with Crippen LogP contribution in [-0.4, -0.2) is 69.2 Å². The maximum atomic E-state index is 10.1. The summed E-state index contributed by atoms with van der Waals surface area (Å²) >= 11 is 5.08. The first-order valence-electron chi connectivity index (χ1n) is 8.64. The number of hydrogen-bond donors (Lipinski definition) is 3. The molecule has 3 rings (SSSR count). The van der Waals surface area contributed by atoms with E-state index in [0.29, 0.717) is 11.2 Å². The molecule has 1 fully saturated rings. The van der Waals surface area contributed by atoms with E-state index in [-0.39, 0.29) is 24.5 Å². The Morgan fingerprint density at radius 3 is 2.68 bits per heavy atom. The summed E-state index contributed by atoms with van der Waals surface area (Å²) in [5.41, 5.74) is 12.4. The number of nitrogens with zero attached hydrogens (tertiary/aromatic N) is 4. The fraction of sp³-hybridized carbons (Fsp3) is 0.667. The summed E-state index contributed by atoms with van der Waals surface area (Å²) in [6.07, 6.45) is -0.940. The van der Waals surface area contributed by atoms with Crippen LogP contribution in [-0.2, 0) is 30.5 Å². The number of imidazole rings is 1. The van der Waals surface area contributed by atoms with Crippen molar-refractivity contribution in [1.29, 1.82) is 0 Å². The van der Waals surface area contributed by atoms with Gasteiger partial charge in [0, 0.05) is 13.8 Å². The molecule has 1 saturated heterocycles. The van der Waals surface area contributed by atoms with Crippen LogP contribution in [0.15, 0.2) is 6.33 Å². The molecule has 2 aromatic heterocycles. The minimum absolute atomic E-state index is 0.00971. The van der Waals surface area contributed by atoms with Gasteiger partial charge < -0.3 is 35.1 Å². The van der Waals surface area contributed by atoms with Crippen LogP contribution in [0.1, 0.15) is 20.1 Å². The molecule has 5 atom stereocenters. The molecular formula is C15H25N6O5PS. The Bertz CT molecular complexity index is 889. The van der Waals surface area contributed by atoms with Gasteiger partial charge in [-0.3, -0.25) is 4.57 Å². The van der Waals surface area contributed by atoms with Gasteiger partial charge in [0.05, 0.1) is 19.0 Å². The number of rotatable bonds is 7. The normalized spacial score (nSPS) is 27.5. The zero-order valence-corrected chi connectivity index (χ0v) is 17.8. The molecule has 0 bridgehead atoms. The van der Waals surface area contributed by atoms with Crippen LogP contribution in [0.2, 0.25) is 0 Å². The zero-order chi connectivity index (χ0) is 20.6. The molecule has 2 aromatic rings. The van der Waals surface area contributed by atoms with E-state index in [0.717, 1.165) is 0 Å². The lowest BCUT2D eigenvalue weighted by atomic mass is 10.1. The fourth-order valence-corrected chi connectivity index (χ4v) is 4.10. The second kappa shape index (κ2) is 8.15. The molecule has 0 aromatic carbocycles. The second-order valence-electron chi connectivity index (χ2n) is 6.81. The average molecular weight is 432 g/mol. The van der Waals surface area contributed by atoms with Gasteiger partial charge in [-0.05, 0) is 25.7 Å². The minimum Gasteiger partial charge on any atom is -0.382 e. The van der Waals surface area contributed by atoms with Gasteiger partial charge in [-0.15, -0.1) is 0 Å². The monoisotopic (exact) mass is 432 g/mol. The van der Waals surface area contributed by atoms with Gasteiger partial charge in [0.25, 0.3) is 0 Å². The SMILES string of the molecule is CO[C@H]1[C@@H](OP(C)(O)=S)[C@@H](COC(C)C)O[C@H]1n1cnc2c(N)nc(N)nc21. The van der Waals surface area contributed by atoms with Gasteiger partial charge in [-0.2, -0.15) is 9.97 Å². The number of aromatic nitrogens is 4. The lowest BCUT2D eigenvalue weighted by molar-refractivity contribution is -0.0764. The van der Waals surface area contributed by atoms with E-state index in [2.05, 4.69) is 15.0 Å². The molecule has 0 amide bonds. The van der Waals surface area contributed by atoms with Crippen LogP contribution in [0.4, 0.5) is 11.8 Å². The Labute approximate surface area is 167 Å². The maximum absolute atomic E-state index is 10.1. The van der Waals surface area contributed by atoms with Gasteiger partial charge in [0.1, 0.15) is 23.8 Å². The molecule has 0 saturated carbocycles. The van der Waals surface area contributed by atoms with E-state index in [1.54, 1.807) is 4.57 Å². The van der Waals surface area contributed by atoms with Crippen molar-refractivity contribution in [3.05, 3.63) is 6.33 Å². The summed E-state index contributed by atoms with van der Waals surface area (Å²) in [6.45, 7) is 2.55. The molecule has 13 heteroatoms. The number of anilines is 2. The van der Waals surface area contributed by atoms with Gasteiger partial charge >= 0.3 is 0 Å². The highest BCUT2D eigenvalue weighted by molar-refractivity contribution is 8.09. The first kappa shape index (κ1) is 21.3. The molecular weight excluding hydrogens is 407 g/mol. The van der Waals surface area contributed by atoms with E-state index in [9.17, 15) is 4.89 Å². The van der Waals surface area contributed by atoms with Crippen molar-refractivity contribution >= 4 is 41.2 Å². The molecule has 0 aliphatic carbocycles. The lowest BCUT2D eigenvalue weighted by Crippen LogP contribution is -2.37. The van der Waals surface area contributed by atoms with Crippen molar-refractivity contribution in [1.82, 2.24) is 19.5 Å². The molecule has 1 unspecified atom stereocenters. The van der Waals surface area contributed by atoms with Gasteiger partial charge in [-0.25, -0.2) is 4.98 Å². The van der Waals surface area contributed by atoms with E-state index in [1.807, 2.05) is 13.8 Å². The summed E-state index contributed by atoms with van der Waals surface area (Å²) in [7, 11) is 1.52. The Balaban J connectivity index is 1.99. The van der Waals surface area contributed by atoms with E-state index in [1.165, 1.54) is 20.1 Å². The summed E-state index contributed by atoms with van der Waals surface area (Å²) in [6, 6.07) is 0. The molecule has 156 valence electrons. The Kier molecular flexibility index (Phi) is 6.20. The van der Waals surface area contributed by atoms with E-state index in [4.69, 9.17) is 42.0 Å². The average Bonchev–Trinajstić information content (AvgIpc) is 3.12. The topological polar surface area (TPSA) is 153 Å². The molecule has 28 heavy (non-hydrogen) atoms. The van der Waals surface area contributed by atoms with Crippen molar-refractivity contribution < 1.29 is 23.6 Å². The number of hydrogen-bond acceptors (Lipinski definition) is 10. The first-order valence-corrected chi connectivity index (χ1v) is 11.8.